The van der Waals surface area contributed by atoms with Crippen molar-refractivity contribution in [3.8, 4) is 5.75 Å². The van der Waals surface area contributed by atoms with E-state index >= 15 is 0 Å². The molecule has 1 fully saturated rings. The predicted octanol–water partition coefficient (Wildman–Crippen LogP) is 2.71. The van der Waals surface area contributed by atoms with E-state index < -0.39 is 0 Å². The van der Waals surface area contributed by atoms with Crippen LogP contribution in [0.1, 0.15) is 25.0 Å². The zero-order valence-electron chi connectivity index (χ0n) is 11.4. The first-order chi connectivity index (χ1) is 8.44. The molecule has 1 aromatic rings. The first kappa shape index (κ1) is 11.8. The van der Waals surface area contributed by atoms with Crippen molar-refractivity contribution in [2.24, 2.45) is 5.92 Å². The fraction of sp³-hybridized carbons (Fsp3) is 0.500. The standard InChI is InChI=1S/C16H21NO/c1-10-9-17(4)15-7-12-5-6-13(18)8-14(12)16(10,3)11(15)2/h5-6,8,11,15,18H,1,7,9H2,2-4H3/t11-,15?,16-/m0/s1. The van der Waals surface area contributed by atoms with Gasteiger partial charge in [0.05, 0.1) is 0 Å². The van der Waals surface area contributed by atoms with Crippen LogP contribution >= 0.6 is 0 Å². The summed E-state index contributed by atoms with van der Waals surface area (Å²) in [7, 11) is 2.19. The monoisotopic (exact) mass is 243 g/mol. The van der Waals surface area contributed by atoms with Crippen molar-refractivity contribution < 1.29 is 5.11 Å². The van der Waals surface area contributed by atoms with Gasteiger partial charge in [0.1, 0.15) is 5.75 Å². The molecule has 0 radical (unpaired) electrons. The molecule has 0 spiro atoms. The Morgan fingerprint density at radius 3 is 2.89 bits per heavy atom. The molecule has 2 aliphatic rings. The number of hydrogen-bond donors (Lipinski definition) is 1. The Morgan fingerprint density at radius 1 is 1.44 bits per heavy atom. The average Bonchev–Trinajstić information content (AvgIpc) is 2.32. The lowest BCUT2D eigenvalue weighted by atomic mass is 9.57. The van der Waals surface area contributed by atoms with Gasteiger partial charge in [-0.25, -0.2) is 0 Å². The predicted molar refractivity (Wildman–Crippen MR) is 73.9 cm³/mol. The fourth-order valence-electron chi connectivity index (χ4n) is 3.89. The molecule has 1 unspecified atom stereocenters. The van der Waals surface area contributed by atoms with Crippen LogP contribution in [0.15, 0.2) is 30.4 Å². The van der Waals surface area contributed by atoms with Gasteiger partial charge in [-0.1, -0.05) is 32.1 Å². The van der Waals surface area contributed by atoms with Gasteiger partial charge in [-0.3, -0.25) is 4.90 Å². The molecule has 3 atom stereocenters. The summed E-state index contributed by atoms with van der Waals surface area (Å²) >= 11 is 0. The number of benzene rings is 1. The lowest BCUT2D eigenvalue weighted by Gasteiger charge is -2.54. The van der Waals surface area contributed by atoms with E-state index in [1.807, 2.05) is 6.07 Å². The molecule has 18 heavy (non-hydrogen) atoms. The lowest BCUT2D eigenvalue weighted by Crippen LogP contribution is -2.57. The molecule has 1 saturated heterocycles. The second-order valence-electron chi connectivity index (χ2n) is 6.12. The van der Waals surface area contributed by atoms with Gasteiger partial charge in [-0.05, 0) is 42.6 Å². The Balaban J connectivity index is 2.24. The largest absolute Gasteiger partial charge is 0.508 e. The highest BCUT2D eigenvalue weighted by Crippen LogP contribution is 2.50. The molecule has 96 valence electrons. The van der Waals surface area contributed by atoms with E-state index in [4.69, 9.17) is 0 Å². The Labute approximate surface area is 109 Å². The zero-order chi connectivity index (χ0) is 13.1. The minimum absolute atomic E-state index is 0.00347. The van der Waals surface area contributed by atoms with Crippen LogP contribution in [-0.4, -0.2) is 29.6 Å². The molecule has 2 nitrogen and oxygen atoms in total. The van der Waals surface area contributed by atoms with Crippen LogP contribution in [-0.2, 0) is 11.8 Å². The van der Waals surface area contributed by atoms with Gasteiger partial charge in [0, 0.05) is 18.0 Å². The van der Waals surface area contributed by atoms with Crippen LogP contribution in [0, 0.1) is 5.92 Å². The highest BCUT2D eigenvalue weighted by Gasteiger charge is 2.49. The number of piperidine rings is 1. The Bertz CT molecular complexity index is 522. The number of aromatic hydroxyl groups is 1. The third-order valence-electron chi connectivity index (χ3n) is 5.31. The summed E-state index contributed by atoms with van der Waals surface area (Å²) in [6, 6.07) is 6.40. The first-order valence-electron chi connectivity index (χ1n) is 6.65. The molecule has 2 heteroatoms. The number of nitrogens with zero attached hydrogens (tertiary/aromatic N) is 1. The maximum atomic E-state index is 9.78. The second-order valence-corrected chi connectivity index (χ2v) is 6.12. The van der Waals surface area contributed by atoms with Gasteiger partial charge in [-0.15, -0.1) is 0 Å². The molecule has 3 rings (SSSR count). The van der Waals surface area contributed by atoms with E-state index in [-0.39, 0.29) is 5.41 Å². The zero-order valence-corrected chi connectivity index (χ0v) is 11.4. The van der Waals surface area contributed by atoms with Crippen molar-refractivity contribution in [1.29, 1.82) is 0 Å². The quantitative estimate of drug-likeness (QED) is 0.708. The van der Waals surface area contributed by atoms with E-state index in [9.17, 15) is 5.11 Å². The molecular weight excluding hydrogens is 222 g/mol. The Kier molecular flexibility index (Phi) is 2.36. The Hall–Kier alpha value is -1.28. The van der Waals surface area contributed by atoms with Gasteiger partial charge < -0.3 is 5.11 Å². The normalized spacial score (nSPS) is 35.4. The Morgan fingerprint density at radius 2 is 2.17 bits per heavy atom. The number of hydrogen-bond acceptors (Lipinski definition) is 2. The van der Waals surface area contributed by atoms with E-state index in [2.05, 4.69) is 38.4 Å². The fourth-order valence-corrected chi connectivity index (χ4v) is 3.89. The number of likely N-dealkylation sites (tertiary alicyclic amines) is 1. The minimum Gasteiger partial charge on any atom is -0.508 e. The number of phenols is 1. The summed E-state index contributed by atoms with van der Waals surface area (Å²) in [4.78, 5) is 2.42. The summed E-state index contributed by atoms with van der Waals surface area (Å²) < 4.78 is 0. The van der Waals surface area contributed by atoms with Crippen LogP contribution in [0.2, 0.25) is 0 Å². The maximum absolute atomic E-state index is 9.78. The molecule has 1 heterocycles. The van der Waals surface area contributed by atoms with Crippen LogP contribution in [0.3, 0.4) is 0 Å². The second kappa shape index (κ2) is 3.61. The first-order valence-corrected chi connectivity index (χ1v) is 6.65. The van der Waals surface area contributed by atoms with Gasteiger partial charge >= 0.3 is 0 Å². The van der Waals surface area contributed by atoms with E-state index in [0.29, 0.717) is 17.7 Å². The van der Waals surface area contributed by atoms with Crippen LogP contribution in [0.4, 0.5) is 0 Å². The van der Waals surface area contributed by atoms with Crippen molar-refractivity contribution in [2.75, 3.05) is 13.6 Å². The molecule has 1 aliphatic carbocycles. The molecule has 1 aromatic carbocycles. The average molecular weight is 243 g/mol. The van der Waals surface area contributed by atoms with Crippen molar-refractivity contribution in [2.45, 2.75) is 31.7 Å². The van der Waals surface area contributed by atoms with Gasteiger partial charge in [0.15, 0.2) is 0 Å². The topological polar surface area (TPSA) is 23.5 Å². The SMILES string of the molecule is C=C1CN(C)C2Cc3ccc(O)cc3[C@]1(C)[C@H]2C. The molecule has 1 aliphatic heterocycles. The molecule has 2 bridgehead atoms. The van der Waals surface area contributed by atoms with Crippen LogP contribution in [0.5, 0.6) is 5.75 Å². The van der Waals surface area contributed by atoms with Gasteiger partial charge in [-0.2, -0.15) is 0 Å². The summed E-state index contributed by atoms with van der Waals surface area (Å²) in [6.07, 6.45) is 1.08. The maximum Gasteiger partial charge on any atom is 0.115 e. The number of phenolic OH excluding ortho intramolecular Hbond substituents is 1. The molecule has 0 saturated carbocycles. The van der Waals surface area contributed by atoms with Crippen molar-refractivity contribution in [1.82, 2.24) is 4.90 Å². The summed E-state index contributed by atoms with van der Waals surface area (Å²) in [5.41, 5.74) is 3.92. The summed E-state index contributed by atoms with van der Waals surface area (Å²) in [6.45, 7) is 9.88. The summed E-state index contributed by atoms with van der Waals surface area (Å²) in [5.74, 6) is 0.908. The van der Waals surface area contributed by atoms with E-state index in [1.54, 1.807) is 6.07 Å². The molecular formula is C16H21NO. The third-order valence-corrected chi connectivity index (χ3v) is 5.31. The van der Waals surface area contributed by atoms with Gasteiger partial charge in [0.25, 0.3) is 0 Å². The minimum atomic E-state index is 0.00347. The highest BCUT2D eigenvalue weighted by molar-refractivity contribution is 5.49. The smallest absolute Gasteiger partial charge is 0.115 e. The number of likely N-dealkylation sites (N-methyl/N-ethyl adjacent to an activating group) is 1. The lowest BCUT2D eigenvalue weighted by molar-refractivity contribution is 0.0941. The molecule has 0 amide bonds. The van der Waals surface area contributed by atoms with Crippen molar-refractivity contribution in [3.63, 3.8) is 0 Å². The number of rotatable bonds is 0. The van der Waals surface area contributed by atoms with E-state index in [0.717, 1.165) is 13.0 Å². The van der Waals surface area contributed by atoms with Gasteiger partial charge in [0.2, 0.25) is 0 Å². The van der Waals surface area contributed by atoms with Crippen molar-refractivity contribution in [3.05, 3.63) is 41.5 Å². The summed E-state index contributed by atoms with van der Waals surface area (Å²) in [5, 5.41) is 9.78. The van der Waals surface area contributed by atoms with Crippen molar-refractivity contribution >= 4 is 0 Å². The third kappa shape index (κ3) is 1.33. The van der Waals surface area contributed by atoms with E-state index in [1.165, 1.54) is 16.7 Å². The van der Waals surface area contributed by atoms with Crippen LogP contribution in [0.25, 0.3) is 0 Å². The molecule has 1 N–H and O–H groups in total. The highest BCUT2D eigenvalue weighted by atomic mass is 16.3. The number of fused-ring (bicyclic) bond motifs is 4. The molecule has 0 aromatic heterocycles. The van der Waals surface area contributed by atoms with Crippen LogP contribution < -0.4 is 0 Å².